The van der Waals surface area contributed by atoms with Crippen molar-refractivity contribution >= 4 is 6.29 Å². The smallest absolute Gasteiger partial charge is 0.188 e. The van der Waals surface area contributed by atoms with Gasteiger partial charge in [-0.3, -0.25) is 4.79 Å². The number of rotatable bonds is 11. The van der Waals surface area contributed by atoms with Gasteiger partial charge >= 0.3 is 0 Å². The number of methoxy groups -OCH3 is 2. The minimum Gasteiger partial charge on any atom is -0.463 e. The van der Waals surface area contributed by atoms with Crippen molar-refractivity contribution in [1.29, 1.82) is 0 Å². The number of hydrogen-bond acceptors (Lipinski definition) is 5. The van der Waals surface area contributed by atoms with Gasteiger partial charge in [-0.1, -0.05) is 23.3 Å². The molecular weight excluding hydrogens is 332 g/mol. The molecule has 0 atom stereocenters. The van der Waals surface area contributed by atoms with Crippen LogP contribution in [0.15, 0.2) is 29.4 Å². The Balaban J connectivity index is 3.56. The molecule has 0 N–H and O–H groups in total. The zero-order chi connectivity index (χ0) is 19.5. The Kier molecular flexibility index (Phi) is 9.70. The van der Waals surface area contributed by atoms with Crippen LogP contribution in [0.4, 0.5) is 0 Å². The summed E-state index contributed by atoms with van der Waals surface area (Å²) >= 11 is 0. The maximum absolute atomic E-state index is 11.7. The highest BCUT2D eigenvalue weighted by atomic mass is 16.7. The summed E-state index contributed by atoms with van der Waals surface area (Å²) in [7, 11) is 3.12. The highest BCUT2D eigenvalue weighted by molar-refractivity contribution is 5.81. The highest BCUT2D eigenvalue weighted by Crippen LogP contribution is 2.38. The summed E-state index contributed by atoms with van der Waals surface area (Å²) in [5.41, 5.74) is 4.59. The van der Waals surface area contributed by atoms with E-state index in [1.54, 1.807) is 14.2 Å². The zero-order valence-electron chi connectivity index (χ0n) is 16.7. The summed E-state index contributed by atoms with van der Waals surface area (Å²) in [4.78, 5) is 11.7. The van der Waals surface area contributed by atoms with Crippen molar-refractivity contribution < 1.29 is 23.7 Å². The quantitative estimate of drug-likeness (QED) is 0.330. The van der Waals surface area contributed by atoms with Gasteiger partial charge in [-0.05, 0) is 46.6 Å². The van der Waals surface area contributed by atoms with Gasteiger partial charge in [-0.15, -0.1) is 0 Å². The first kappa shape index (κ1) is 21.9. The van der Waals surface area contributed by atoms with Gasteiger partial charge in [0.25, 0.3) is 0 Å². The number of hydrogen-bond donors (Lipinski definition) is 0. The van der Waals surface area contributed by atoms with E-state index in [0.29, 0.717) is 29.9 Å². The van der Waals surface area contributed by atoms with Crippen LogP contribution in [0.2, 0.25) is 0 Å². The predicted molar refractivity (Wildman–Crippen MR) is 103 cm³/mol. The first-order valence-electron chi connectivity index (χ1n) is 8.58. The topological polar surface area (TPSA) is 54.0 Å². The monoisotopic (exact) mass is 362 g/mol. The van der Waals surface area contributed by atoms with Gasteiger partial charge in [0.1, 0.15) is 6.29 Å². The van der Waals surface area contributed by atoms with Gasteiger partial charge in [-0.25, -0.2) is 0 Å². The molecule has 0 radical (unpaired) electrons. The van der Waals surface area contributed by atoms with E-state index in [0.717, 1.165) is 23.0 Å². The number of benzene rings is 1. The summed E-state index contributed by atoms with van der Waals surface area (Å²) in [5.74, 6) is 1.12. The number of aldehydes is 1. The van der Waals surface area contributed by atoms with E-state index in [2.05, 4.69) is 12.2 Å². The van der Waals surface area contributed by atoms with E-state index >= 15 is 0 Å². The van der Waals surface area contributed by atoms with Crippen LogP contribution in [0, 0.1) is 0 Å². The third kappa shape index (κ3) is 6.65. The first-order chi connectivity index (χ1) is 12.4. The second-order valence-corrected chi connectivity index (χ2v) is 6.45. The molecule has 0 bridgehead atoms. The van der Waals surface area contributed by atoms with E-state index in [4.69, 9.17) is 18.9 Å². The van der Waals surface area contributed by atoms with E-state index < -0.39 is 0 Å². The fourth-order valence-electron chi connectivity index (χ4n) is 2.39. The number of carbonyl (C=O) groups excluding carboxylic acids is 1. The molecule has 1 rings (SSSR count). The SMILES string of the molecule is COCOc1c(CC=C(C)C)cc(C=O)c(CC=C(C)C)c1OCOC. The van der Waals surface area contributed by atoms with Crippen LogP contribution in [-0.2, 0) is 22.3 Å². The zero-order valence-corrected chi connectivity index (χ0v) is 16.7. The lowest BCUT2D eigenvalue weighted by molar-refractivity contribution is 0.0312. The van der Waals surface area contributed by atoms with Gasteiger partial charge in [0.05, 0.1) is 0 Å². The maximum Gasteiger partial charge on any atom is 0.188 e. The van der Waals surface area contributed by atoms with E-state index in [9.17, 15) is 4.79 Å². The third-order valence-corrected chi connectivity index (χ3v) is 3.66. The molecule has 1 aromatic carbocycles. The molecule has 0 saturated heterocycles. The van der Waals surface area contributed by atoms with Gasteiger partial charge in [0.15, 0.2) is 25.1 Å². The Morgan fingerprint density at radius 2 is 1.42 bits per heavy atom. The van der Waals surface area contributed by atoms with Crippen LogP contribution in [-0.4, -0.2) is 34.1 Å². The van der Waals surface area contributed by atoms with Crippen molar-refractivity contribution in [2.24, 2.45) is 0 Å². The third-order valence-electron chi connectivity index (χ3n) is 3.66. The molecular formula is C21H30O5. The van der Waals surface area contributed by atoms with Crippen LogP contribution in [0.3, 0.4) is 0 Å². The number of carbonyl (C=O) groups is 1. The summed E-state index contributed by atoms with van der Waals surface area (Å²) in [6.07, 6.45) is 6.20. The van der Waals surface area contributed by atoms with Gasteiger partial charge < -0.3 is 18.9 Å². The molecule has 5 nitrogen and oxygen atoms in total. The minimum absolute atomic E-state index is 0.0650. The number of allylic oxidation sites excluding steroid dienone is 4. The second-order valence-electron chi connectivity index (χ2n) is 6.45. The normalized spacial score (nSPS) is 10.2. The maximum atomic E-state index is 11.7. The lowest BCUT2D eigenvalue weighted by Crippen LogP contribution is -2.10. The Labute approximate surface area is 156 Å². The molecule has 0 heterocycles. The summed E-state index contributed by atoms with van der Waals surface area (Å²) in [5, 5.41) is 0. The lowest BCUT2D eigenvalue weighted by atomic mass is 9.96. The van der Waals surface area contributed by atoms with Crippen molar-refractivity contribution in [2.75, 3.05) is 27.8 Å². The van der Waals surface area contributed by atoms with Crippen molar-refractivity contribution in [3.63, 3.8) is 0 Å². The van der Waals surface area contributed by atoms with E-state index in [-0.39, 0.29) is 13.6 Å². The van der Waals surface area contributed by atoms with Crippen LogP contribution < -0.4 is 9.47 Å². The molecule has 0 aliphatic carbocycles. The highest BCUT2D eigenvalue weighted by Gasteiger charge is 2.20. The molecule has 26 heavy (non-hydrogen) atoms. The second kappa shape index (κ2) is 11.5. The van der Waals surface area contributed by atoms with E-state index in [1.165, 1.54) is 5.57 Å². The molecule has 0 unspecified atom stereocenters. The number of ether oxygens (including phenoxy) is 4. The van der Waals surface area contributed by atoms with E-state index in [1.807, 2.05) is 33.8 Å². The summed E-state index contributed by atoms with van der Waals surface area (Å²) in [6, 6.07) is 1.87. The average Bonchev–Trinajstić information content (AvgIpc) is 2.61. The minimum atomic E-state index is 0.0650. The van der Waals surface area contributed by atoms with Gasteiger partial charge in [-0.2, -0.15) is 0 Å². The van der Waals surface area contributed by atoms with Crippen LogP contribution in [0.1, 0.15) is 49.2 Å². The Bertz CT molecular complexity index is 651. The Hall–Kier alpha value is -2.11. The fourth-order valence-corrected chi connectivity index (χ4v) is 2.39. The first-order valence-corrected chi connectivity index (χ1v) is 8.58. The molecule has 1 aromatic rings. The average molecular weight is 362 g/mol. The largest absolute Gasteiger partial charge is 0.463 e. The van der Waals surface area contributed by atoms with Crippen molar-refractivity contribution in [3.05, 3.63) is 46.1 Å². The molecule has 0 amide bonds. The summed E-state index contributed by atoms with van der Waals surface area (Å²) < 4.78 is 21.8. The molecule has 144 valence electrons. The van der Waals surface area contributed by atoms with Crippen molar-refractivity contribution in [1.82, 2.24) is 0 Å². The molecule has 0 fully saturated rings. The van der Waals surface area contributed by atoms with Crippen molar-refractivity contribution in [3.8, 4) is 11.5 Å². The van der Waals surface area contributed by atoms with Crippen LogP contribution in [0.5, 0.6) is 11.5 Å². The van der Waals surface area contributed by atoms with Crippen LogP contribution >= 0.6 is 0 Å². The summed E-state index contributed by atoms with van der Waals surface area (Å²) in [6.45, 7) is 8.25. The molecule has 0 spiro atoms. The predicted octanol–water partition coefficient (Wildman–Crippen LogP) is 4.48. The van der Waals surface area contributed by atoms with Crippen molar-refractivity contribution in [2.45, 2.75) is 40.5 Å². The van der Waals surface area contributed by atoms with Crippen LogP contribution in [0.25, 0.3) is 0 Å². The molecule has 5 heteroatoms. The standard InChI is InChI=1S/C21H30O5/c1-15(2)7-9-17-11-18(12-22)19(10-8-16(3)4)21(26-14-24-6)20(17)25-13-23-5/h7-8,11-12H,9-10,13-14H2,1-6H3. The molecule has 0 aliphatic rings. The fraction of sp³-hybridized carbons (Fsp3) is 0.476. The van der Waals surface area contributed by atoms with Gasteiger partial charge in [0.2, 0.25) is 0 Å². The van der Waals surface area contributed by atoms with Gasteiger partial charge in [0, 0.05) is 30.9 Å². The molecule has 0 saturated carbocycles. The Morgan fingerprint density at radius 1 is 0.885 bits per heavy atom. The molecule has 0 aliphatic heterocycles. The molecule has 0 aromatic heterocycles. The lowest BCUT2D eigenvalue weighted by Gasteiger charge is -2.20. The Morgan fingerprint density at radius 3 is 1.92 bits per heavy atom.